The molecule has 0 radical (unpaired) electrons. The van der Waals surface area contributed by atoms with E-state index in [2.05, 4.69) is 4.98 Å². The molecule has 0 aliphatic heterocycles. The molecule has 0 atom stereocenters. The molecule has 0 aromatic carbocycles. The third kappa shape index (κ3) is 1.73. The minimum Gasteiger partial charge on any atom is -0.244 e. The van der Waals surface area contributed by atoms with Gasteiger partial charge in [0.15, 0.2) is 5.69 Å². The fourth-order valence-corrected chi connectivity index (χ4v) is 1.87. The molecule has 0 amide bonds. The van der Waals surface area contributed by atoms with Crippen LogP contribution < -0.4 is 0 Å². The van der Waals surface area contributed by atoms with Crippen molar-refractivity contribution in [2.45, 2.75) is 4.90 Å². The second-order valence-electron chi connectivity index (χ2n) is 2.75. The van der Waals surface area contributed by atoms with Crippen LogP contribution in [0, 0.1) is 11.3 Å². The van der Waals surface area contributed by atoms with Crippen molar-refractivity contribution in [2.75, 3.05) is 14.1 Å². The summed E-state index contributed by atoms with van der Waals surface area (Å²) in [6.45, 7) is 0. The quantitative estimate of drug-likeness (QED) is 0.700. The van der Waals surface area contributed by atoms with Crippen LogP contribution in [0.1, 0.15) is 5.69 Å². The molecule has 0 unspecified atom stereocenters. The van der Waals surface area contributed by atoms with E-state index in [4.69, 9.17) is 5.26 Å². The molecule has 1 rings (SSSR count). The number of aromatic nitrogens is 1. The van der Waals surface area contributed by atoms with Crippen LogP contribution in [0.25, 0.3) is 0 Å². The highest BCUT2D eigenvalue weighted by Gasteiger charge is 2.21. The summed E-state index contributed by atoms with van der Waals surface area (Å²) in [5.41, 5.74) is -0.0822. The van der Waals surface area contributed by atoms with Crippen molar-refractivity contribution in [2.24, 2.45) is 0 Å². The summed E-state index contributed by atoms with van der Waals surface area (Å²) in [6, 6.07) is 4.58. The summed E-state index contributed by atoms with van der Waals surface area (Å²) in [6.07, 6.45) is 1.38. The second-order valence-corrected chi connectivity index (χ2v) is 4.87. The van der Waals surface area contributed by atoms with Crippen molar-refractivity contribution in [3.63, 3.8) is 0 Å². The van der Waals surface area contributed by atoms with Crippen LogP contribution in [0.5, 0.6) is 0 Å². The Balaban J connectivity index is 3.42. The van der Waals surface area contributed by atoms with Crippen molar-refractivity contribution >= 4 is 10.0 Å². The van der Waals surface area contributed by atoms with E-state index in [1.54, 1.807) is 6.07 Å². The van der Waals surface area contributed by atoms with Crippen molar-refractivity contribution in [1.82, 2.24) is 9.29 Å². The largest absolute Gasteiger partial charge is 0.245 e. The van der Waals surface area contributed by atoms with Crippen molar-refractivity contribution in [1.29, 1.82) is 5.26 Å². The Morgan fingerprint density at radius 1 is 1.50 bits per heavy atom. The molecule has 14 heavy (non-hydrogen) atoms. The highest BCUT2D eigenvalue weighted by atomic mass is 32.2. The Morgan fingerprint density at radius 2 is 2.14 bits per heavy atom. The highest BCUT2D eigenvalue weighted by molar-refractivity contribution is 7.89. The topological polar surface area (TPSA) is 74.1 Å². The first-order valence-corrected chi connectivity index (χ1v) is 5.22. The van der Waals surface area contributed by atoms with Gasteiger partial charge >= 0.3 is 0 Å². The number of hydrogen-bond donors (Lipinski definition) is 0. The van der Waals surface area contributed by atoms with Gasteiger partial charge in [-0.2, -0.15) is 5.26 Å². The number of hydrogen-bond acceptors (Lipinski definition) is 4. The number of nitrogens with zero attached hydrogens (tertiary/aromatic N) is 3. The molecule has 6 heteroatoms. The Labute approximate surface area is 82.7 Å². The molecule has 1 aromatic rings. The van der Waals surface area contributed by atoms with Crippen LogP contribution in [-0.2, 0) is 10.0 Å². The Morgan fingerprint density at radius 3 is 2.64 bits per heavy atom. The highest BCUT2D eigenvalue weighted by Crippen LogP contribution is 2.14. The van der Waals surface area contributed by atoms with E-state index in [0.29, 0.717) is 0 Å². The fraction of sp³-hybridized carbons (Fsp3) is 0.250. The Bertz CT molecular complexity index is 474. The molecule has 0 N–H and O–H groups in total. The summed E-state index contributed by atoms with van der Waals surface area (Å²) in [4.78, 5) is 3.62. The average molecular weight is 211 g/mol. The van der Waals surface area contributed by atoms with Crippen LogP contribution >= 0.6 is 0 Å². The first-order valence-electron chi connectivity index (χ1n) is 3.78. The monoisotopic (exact) mass is 211 g/mol. The van der Waals surface area contributed by atoms with Gasteiger partial charge in [0, 0.05) is 20.3 Å². The number of nitriles is 1. The maximum absolute atomic E-state index is 11.6. The molecule has 0 aliphatic rings. The third-order valence-corrected chi connectivity index (χ3v) is 3.48. The van der Waals surface area contributed by atoms with Crippen LogP contribution in [0.4, 0.5) is 0 Å². The van der Waals surface area contributed by atoms with Gasteiger partial charge in [-0.15, -0.1) is 0 Å². The molecule has 1 aromatic heterocycles. The van der Waals surface area contributed by atoms with Gasteiger partial charge in [-0.3, -0.25) is 0 Å². The molecular formula is C8H9N3O2S. The van der Waals surface area contributed by atoms with E-state index >= 15 is 0 Å². The zero-order valence-corrected chi connectivity index (χ0v) is 8.61. The molecule has 0 fully saturated rings. The zero-order valence-electron chi connectivity index (χ0n) is 7.80. The average Bonchev–Trinajstić information content (AvgIpc) is 2.17. The van der Waals surface area contributed by atoms with Crippen LogP contribution in [0.3, 0.4) is 0 Å². The number of sulfonamides is 1. The molecule has 0 spiro atoms. The lowest BCUT2D eigenvalue weighted by atomic mass is 10.4. The van der Waals surface area contributed by atoms with E-state index in [1.165, 1.54) is 32.4 Å². The van der Waals surface area contributed by atoms with Crippen LogP contribution in [0.2, 0.25) is 0 Å². The van der Waals surface area contributed by atoms with E-state index < -0.39 is 10.0 Å². The van der Waals surface area contributed by atoms with Gasteiger partial charge < -0.3 is 0 Å². The molecule has 0 saturated heterocycles. The summed E-state index contributed by atoms with van der Waals surface area (Å²) in [5, 5.41) is 8.67. The van der Waals surface area contributed by atoms with Gasteiger partial charge in [-0.05, 0) is 12.1 Å². The maximum atomic E-state index is 11.6. The smallest absolute Gasteiger partial charge is 0.244 e. The van der Waals surface area contributed by atoms with Gasteiger partial charge in [0.25, 0.3) is 0 Å². The molecule has 0 bridgehead atoms. The van der Waals surface area contributed by atoms with Gasteiger partial charge in [-0.25, -0.2) is 17.7 Å². The minimum absolute atomic E-state index is 0.0625. The maximum Gasteiger partial charge on any atom is 0.245 e. The van der Waals surface area contributed by atoms with Crippen LogP contribution in [0.15, 0.2) is 23.2 Å². The van der Waals surface area contributed by atoms with Gasteiger partial charge in [0.05, 0.1) is 0 Å². The van der Waals surface area contributed by atoms with Gasteiger partial charge in [0.2, 0.25) is 10.0 Å². The summed E-state index contributed by atoms with van der Waals surface area (Å²) in [7, 11) is -0.759. The lowest BCUT2D eigenvalue weighted by molar-refractivity contribution is 0.520. The number of rotatable bonds is 2. The Hall–Kier alpha value is -1.45. The lowest BCUT2D eigenvalue weighted by Crippen LogP contribution is -2.23. The van der Waals surface area contributed by atoms with E-state index in [9.17, 15) is 8.42 Å². The van der Waals surface area contributed by atoms with Gasteiger partial charge in [0.1, 0.15) is 11.0 Å². The van der Waals surface area contributed by atoms with Crippen molar-refractivity contribution in [3.05, 3.63) is 24.0 Å². The molecular weight excluding hydrogens is 202 g/mol. The summed E-state index contributed by atoms with van der Waals surface area (Å²) < 4.78 is 24.3. The second kappa shape index (κ2) is 3.74. The predicted octanol–water partition coefficient (Wildman–Crippen LogP) is 0.204. The van der Waals surface area contributed by atoms with Crippen molar-refractivity contribution in [3.8, 4) is 6.07 Å². The third-order valence-electron chi connectivity index (χ3n) is 1.64. The van der Waals surface area contributed by atoms with Crippen molar-refractivity contribution < 1.29 is 8.42 Å². The predicted molar refractivity (Wildman–Crippen MR) is 49.8 cm³/mol. The molecule has 1 heterocycles. The number of pyridine rings is 1. The lowest BCUT2D eigenvalue weighted by Gasteiger charge is -2.11. The molecule has 5 nitrogen and oxygen atoms in total. The van der Waals surface area contributed by atoms with Crippen LogP contribution in [-0.4, -0.2) is 31.8 Å². The standard InChI is InChI=1S/C8H9N3O2S/c1-11(2)14(12,13)8-4-3-5-10-7(8)6-9/h3-5H,1-2H3. The SMILES string of the molecule is CN(C)S(=O)(=O)c1cccnc1C#N. The summed E-state index contributed by atoms with van der Waals surface area (Å²) >= 11 is 0. The molecule has 0 aliphatic carbocycles. The minimum atomic E-state index is -3.57. The van der Waals surface area contributed by atoms with E-state index in [1.807, 2.05) is 0 Å². The van der Waals surface area contributed by atoms with Gasteiger partial charge in [-0.1, -0.05) is 0 Å². The first kappa shape index (κ1) is 10.6. The Kier molecular flexibility index (Phi) is 2.84. The zero-order chi connectivity index (χ0) is 10.8. The van der Waals surface area contributed by atoms with E-state index in [0.717, 1.165) is 4.31 Å². The normalized spacial score (nSPS) is 11.3. The summed E-state index contributed by atoms with van der Waals surface area (Å²) in [5.74, 6) is 0. The first-order chi connectivity index (χ1) is 6.50. The molecule has 74 valence electrons. The van der Waals surface area contributed by atoms with E-state index in [-0.39, 0.29) is 10.6 Å². The fourth-order valence-electron chi connectivity index (χ4n) is 0.879. The molecule has 0 saturated carbocycles.